The number of ether oxygens (including phenoxy) is 1. The molecule has 156 valence electrons. The Labute approximate surface area is 199 Å². The lowest BCUT2D eigenvalue weighted by Gasteiger charge is -2.20. The van der Waals surface area contributed by atoms with E-state index < -0.39 is 24.1 Å². The van der Waals surface area contributed by atoms with Crippen LogP contribution in [-0.4, -0.2) is 44.6 Å². The van der Waals surface area contributed by atoms with E-state index in [0.29, 0.717) is 29.0 Å². The van der Waals surface area contributed by atoms with Crippen LogP contribution < -0.4 is 0 Å². The van der Waals surface area contributed by atoms with Crippen molar-refractivity contribution in [1.82, 2.24) is 0 Å². The average Bonchev–Trinajstić information content (AvgIpc) is 2.62. The first-order valence-electron chi connectivity index (χ1n) is 7.94. The van der Waals surface area contributed by atoms with E-state index in [1.807, 2.05) is 0 Å². The van der Waals surface area contributed by atoms with Crippen LogP contribution in [0.4, 0.5) is 0 Å². The number of carboxylic acid groups (broad SMARTS) is 2. The Kier molecular flexibility index (Phi) is 8.53. The average molecular weight is 662 g/mol. The van der Waals surface area contributed by atoms with E-state index in [1.54, 1.807) is 0 Å². The molecule has 2 atom stereocenters. The van der Waals surface area contributed by atoms with Crippen LogP contribution in [0.25, 0.3) is 0 Å². The number of hydrogen-bond donors (Lipinski definition) is 4. The van der Waals surface area contributed by atoms with Gasteiger partial charge < -0.3 is 25.2 Å². The number of benzene rings is 2. The maximum absolute atomic E-state index is 11.7. The number of phenolic OH excluding ortho intramolecular Hbond substituents is 2. The lowest BCUT2D eigenvalue weighted by atomic mass is 10.1. The number of carbonyl (C=O) groups is 2. The molecule has 4 N–H and O–H groups in total. The maximum atomic E-state index is 11.7. The van der Waals surface area contributed by atoms with E-state index in [0.717, 1.165) is 0 Å². The van der Waals surface area contributed by atoms with Crippen molar-refractivity contribution in [2.75, 3.05) is 0 Å². The fraction of sp³-hybridized carbons (Fsp3) is 0.222. The fourth-order valence-electron chi connectivity index (χ4n) is 2.49. The van der Waals surface area contributed by atoms with Crippen molar-refractivity contribution in [1.29, 1.82) is 0 Å². The van der Waals surface area contributed by atoms with E-state index in [-0.39, 0.29) is 24.3 Å². The molecule has 0 heterocycles. The number of rotatable bonds is 8. The molecule has 0 spiro atoms. The van der Waals surface area contributed by atoms with Gasteiger partial charge in [0.2, 0.25) is 0 Å². The van der Waals surface area contributed by atoms with Crippen LogP contribution in [0.5, 0.6) is 11.5 Å². The van der Waals surface area contributed by atoms with Crippen molar-refractivity contribution in [2.24, 2.45) is 0 Å². The summed E-state index contributed by atoms with van der Waals surface area (Å²) in [7, 11) is 0. The Morgan fingerprint density at radius 1 is 0.724 bits per heavy atom. The van der Waals surface area contributed by atoms with Crippen LogP contribution in [0, 0.1) is 0 Å². The molecule has 0 saturated heterocycles. The molecule has 0 radical (unpaired) electrons. The van der Waals surface area contributed by atoms with Gasteiger partial charge in [0, 0.05) is 12.8 Å². The smallest absolute Gasteiger partial charge is 0.333 e. The zero-order chi connectivity index (χ0) is 21.9. The van der Waals surface area contributed by atoms with Crippen molar-refractivity contribution in [3.05, 3.63) is 53.3 Å². The van der Waals surface area contributed by atoms with Gasteiger partial charge in [-0.25, -0.2) is 9.59 Å². The Hall–Kier alpha value is -1.14. The third-order valence-electron chi connectivity index (χ3n) is 3.87. The van der Waals surface area contributed by atoms with Crippen LogP contribution in [0.3, 0.4) is 0 Å². The van der Waals surface area contributed by atoms with E-state index in [9.17, 15) is 30.0 Å². The molecule has 2 aromatic carbocycles. The topological polar surface area (TPSA) is 124 Å². The standard InChI is InChI=1S/C18H14Br4O7/c19-9-1-7(2-10(20)15(9)23)5-13(17(25)26)29-14(18(27)28)6-8-3-11(21)16(24)12(22)4-8/h1-4,13-14,23-24H,5-6H2,(H,25,26)(H,27,28). The van der Waals surface area contributed by atoms with Crippen LogP contribution >= 0.6 is 63.7 Å². The van der Waals surface area contributed by atoms with E-state index in [2.05, 4.69) is 63.7 Å². The fourth-order valence-corrected chi connectivity index (χ4v) is 5.05. The Morgan fingerprint density at radius 3 is 1.24 bits per heavy atom. The van der Waals surface area contributed by atoms with Gasteiger partial charge in [-0.15, -0.1) is 0 Å². The summed E-state index contributed by atoms with van der Waals surface area (Å²) in [4.78, 5) is 23.3. The summed E-state index contributed by atoms with van der Waals surface area (Å²) in [5.74, 6) is -2.70. The summed E-state index contributed by atoms with van der Waals surface area (Å²) in [6, 6.07) is 6.12. The lowest BCUT2D eigenvalue weighted by molar-refractivity contribution is -0.165. The van der Waals surface area contributed by atoms with Gasteiger partial charge in [0.1, 0.15) is 11.5 Å². The molecular weight excluding hydrogens is 648 g/mol. The van der Waals surface area contributed by atoms with E-state index >= 15 is 0 Å². The predicted octanol–water partition coefficient (Wildman–Crippen LogP) is 4.86. The number of aromatic hydroxyl groups is 2. The van der Waals surface area contributed by atoms with E-state index in [4.69, 9.17) is 4.74 Å². The van der Waals surface area contributed by atoms with Gasteiger partial charge in [-0.1, -0.05) is 0 Å². The lowest BCUT2D eigenvalue weighted by Crippen LogP contribution is -2.36. The van der Waals surface area contributed by atoms with Crippen LogP contribution in [0.15, 0.2) is 42.2 Å². The molecule has 0 aliphatic carbocycles. The third-order valence-corrected chi connectivity index (χ3v) is 6.29. The van der Waals surface area contributed by atoms with Gasteiger partial charge in [-0.3, -0.25) is 0 Å². The largest absolute Gasteiger partial charge is 0.506 e. The Bertz CT molecular complexity index is 826. The molecule has 2 unspecified atom stereocenters. The van der Waals surface area contributed by atoms with Crippen LogP contribution in [0.1, 0.15) is 11.1 Å². The minimum absolute atomic E-state index is 0.0339. The second kappa shape index (κ2) is 10.3. The minimum atomic E-state index is -1.43. The molecule has 0 saturated carbocycles. The SMILES string of the molecule is O=C(O)C(Cc1cc(Br)c(O)c(Br)c1)OC(Cc1cc(Br)c(O)c(Br)c1)C(=O)O. The normalized spacial score (nSPS) is 13.1. The van der Waals surface area contributed by atoms with Crippen molar-refractivity contribution >= 4 is 75.7 Å². The number of hydrogen-bond acceptors (Lipinski definition) is 5. The van der Waals surface area contributed by atoms with Gasteiger partial charge in [0.25, 0.3) is 0 Å². The highest BCUT2D eigenvalue weighted by Crippen LogP contribution is 2.35. The highest BCUT2D eigenvalue weighted by Gasteiger charge is 2.29. The van der Waals surface area contributed by atoms with Gasteiger partial charge in [0.05, 0.1) is 17.9 Å². The summed E-state index contributed by atoms with van der Waals surface area (Å²) in [6.07, 6.45) is -3.08. The zero-order valence-corrected chi connectivity index (χ0v) is 20.7. The Morgan fingerprint density at radius 2 is 1.00 bits per heavy atom. The molecule has 0 aliphatic heterocycles. The Balaban J connectivity index is 2.24. The minimum Gasteiger partial charge on any atom is -0.506 e. The molecule has 0 aliphatic rings. The maximum Gasteiger partial charge on any atom is 0.333 e. The summed E-state index contributed by atoms with van der Waals surface area (Å²) in [5.41, 5.74) is 1.04. The third kappa shape index (κ3) is 6.42. The second-order valence-corrected chi connectivity index (χ2v) is 9.43. The first kappa shape index (κ1) is 24.1. The first-order valence-corrected chi connectivity index (χ1v) is 11.1. The molecule has 2 rings (SSSR count). The molecule has 7 nitrogen and oxygen atoms in total. The van der Waals surface area contributed by atoms with Gasteiger partial charge in [-0.2, -0.15) is 0 Å². The highest BCUT2D eigenvalue weighted by atomic mass is 79.9. The number of carboxylic acids is 2. The summed E-state index contributed by atoms with van der Waals surface area (Å²) < 4.78 is 6.86. The number of halogens is 4. The molecule has 11 heteroatoms. The quantitative estimate of drug-likeness (QED) is 0.319. The van der Waals surface area contributed by atoms with E-state index in [1.165, 1.54) is 24.3 Å². The number of phenols is 2. The zero-order valence-electron chi connectivity index (χ0n) is 14.4. The van der Waals surface area contributed by atoms with Gasteiger partial charge in [0.15, 0.2) is 12.2 Å². The highest BCUT2D eigenvalue weighted by molar-refractivity contribution is 9.11. The van der Waals surface area contributed by atoms with Crippen molar-refractivity contribution in [3.8, 4) is 11.5 Å². The monoisotopic (exact) mass is 658 g/mol. The van der Waals surface area contributed by atoms with Gasteiger partial charge in [-0.05, 0) is 99.1 Å². The summed E-state index contributed by atoms with van der Waals surface area (Å²) >= 11 is 12.7. The molecule has 0 bridgehead atoms. The molecule has 0 amide bonds. The van der Waals surface area contributed by atoms with Gasteiger partial charge >= 0.3 is 11.9 Å². The molecule has 0 fully saturated rings. The molecule has 2 aromatic rings. The molecular formula is C18H14Br4O7. The van der Waals surface area contributed by atoms with Crippen molar-refractivity contribution in [3.63, 3.8) is 0 Å². The predicted molar refractivity (Wildman–Crippen MR) is 118 cm³/mol. The summed E-state index contributed by atoms with van der Waals surface area (Å²) in [6.45, 7) is 0. The van der Waals surface area contributed by atoms with Crippen LogP contribution in [0.2, 0.25) is 0 Å². The second-order valence-electron chi connectivity index (χ2n) is 6.01. The first-order chi connectivity index (χ1) is 13.5. The van der Waals surface area contributed by atoms with Crippen LogP contribution in [-0.2, 0) is 27.2 Å². The van der Waals surface area contributed by atoms with Crippen molar-refractivity contribution < 1.29 is 34.8 Å². The molecule has 0 aromatic heterocycles. The number of aliphatic carboxylic acids is 2. The molecule has 29 heavy (non-hydrogen) atoms. The summed E-state index contributed by atoms with van der Waals surface area (Å²) in [5, 5.41) is 38.6. The van der Waals surface area contributed by atoms with Crippen molar-refractivity contribution in [2.45, 2.75) is 25.0 Å².